The molecule has 1 atom stereocenters. The van der Waals surface area contributed by atoms with Gasteiger partial charge in [-0.15, -0.1) is 0 Å². The molecule has 3 aliphatic rings. The summed E-state index contributed by atoms with van der Waals surface area (Å²) in [7, 11) is 2.19. The molecule has 1 aliphatic heterocycles. The van der Waals surface area contributed by atoms with Crippen molar-refractivity contribution in [1.29, 1.82) is 0 Å². The first-order valence-corrected chi connectivity index (χ1v) is 10.5. The summed E-state index contributed by atoms with van der Waals surface area (Å²) >= 11 is 1.61. The van der Waals surface area contributed by atoms with Crippen LogP contribution in [0.2, 0.25) is 0 Å². The molecule has 1 aromatic rings. The summed E-state index contributed by atoms with van der Waals surface area (Å²) in [4.78, 5) is 11.0. The van der Waals surface area contributed by atoms with E-state index in [0.29, 0.717) is 0 Å². The number of fused-ring (bicyclic) bond motifs is 2. The van der Waals surface area contributed by atoms with Crippen LogP contribution in [-0.4, -0.2) is 30.9 Å². The van der Waals surface area contributed by atoms with Crippen LogP contribution in [0.25, 0.3) is 0 Å². The van der Waals surface area contributed by atoms with Crippen LogP contribution >= 0.6 is 11.9 Å². The van der Waals surface area contributed by atoms with Gasteiger partial charge in [0.1, 0.15) is 0 Å². The first kappa shape index (κ1) is 20.8. The average molecular weight is 376 g/mol. The number of hydrogen-bond acceptors (Lipinski definition) is 4. The standard InChI is InChI=1S/C14H17NS.C6H13N.CH3NO/c1-2-16-15-14-12-7-3-5-10(12)9-11-6-4-8-13(11)14;1-6-4-3-5-7(6)2;2-1-3/h2,9,15H,1,3-8H2;6H,3-5H2,1-2H3;1H,(H2,2,3). The maximum atomic E-state index is 8.58. The molecule has 0 spiro atoms. The molecule has 1 saturated heterocycles. The number of rotatable bonds is 3. The van der Waals surface area contributed by atoms with E-state index in [-0.39, 0.29) is 6.41 Å². The highest BCUT2D eigenvalue weighted by atomic mass is 32.2. The molecule has 0 saturated carbocycles. The number of carbonyl (C=O) groups excluding carboxylic acids is 1. The lowest BCUT2D eigenvalue weighted by molar-refractivity contribution is -0.106. The number of hydrogen-bond donors (Lipinski definition) is 2. The molecule has 144 valence electrons. The summed E-state index contributed by atoms with van der Waals surface area (Å²) in [5.41, 5.74) is 11.9. The molecule has 0 aromatic heterocycles. The van der Waals surface area contributed by atoms with Crippen molar-refractivity contribution in [3.8, 4) is 0 Å². The van der Waals surface area contributed by atoms with E-state index in [1.54, 1.807) is 34.2 Å². The highest BCUT2D eigenvalue weighted by Gasteiger charge is 2.23. The Labute approximate surface area is 162 Å². The van der Waals surface area contributed by atoms with Crippen LogP contribution in [0.3, 0.4) is 0 Å². The Morgan fingerprint density at radius 2 is 1.77 bits per heavy atom. The summed E-state index contributed by atoms with van der Waals surface area (Å²) in [5, 5.41) is 1.87. The van der Waals surface area contributed by atoms with Gasteiger partial charge >= 0.3 is 0 Å². The third kappa shape index (κ3) is 5.27. The average Bonchev–Trinajstić information content (AvgIpc) is 3.35. The largest absolute Gasteiger partial charge is 0.372 e. The van der Waals surface area contributed by atoms with Gasteiger partial charge in [0.05, 0.1) is 5.69 Å². The van der Waals surface area contributed by atoms with Gasteiger partial charge in [-0.25, -0.2) is 0 Å². The van der Waals surface area contributed by atoms with Crippen LogP contribution in [0.1, 0.15) is 54.9 Å². The molecule has 2 aliphatic carbocycles. The Hall–Kier alpha value is -1.46. The third-order valence-corrected chi connectivity index (χ3v) is 6.09. The highest BCUT2D eigenvalue weighted by Crippen LogP contribution is 2.39. The smallest absolute Gasteiger partial charge is 0.204 e. The first-order chi connectivity index (χ1) is 12.6. The van der Waals surface area contributed by atoms with Crippen LogP contribution < -0.4 is 10.5 Å². The Bertz CT molecular complexity index is 578. The molecule has 1 amide bonds. The van der Waals surface area contributed by atoms with E-state index in [1.807, 2.05) is 5.41 Å². The van der Waals surface area contributed by atoms with E-state index in [9.17, 15) is 0 Å². The van der Waals surface area contributed by atoms with Crippen molar-refractivity contribution in [1.82, 2.24) is 4.90 Å². The number of nitrogens with two attached hydrogens (primary N) is 1. The quantitative estimate of drug-likeness (QED) is 0.618. The van der Waals surface area contributed by atoms with Gasteiger partial charge in [-0.3, -0.25) is 4.79 Å². The fourth-order valence-corrected chi connectivity index (χ4v) is 4.56. The fraction of sp³-hybridized carbons (Fsp3) is 0.571. The number of carbonyl (C=O) groups is 1. The van der Waals surface area contributed by atoms with Gasteiger partial charge < -0.3 is 15.4 Å². The number of aryl methyl sites for hydroxylation is 2. The van der Waals surface area contributed by atoms with E-state index >= 15 is 0 Å². The molecule has 0 bridgehead atoms. The Morgan fingerprint density at radius 3 is 2.15 bits per heavy atom. The maximum Gasteiger partial charge on any atom is 0.204 e. The molecule has 1 fully saturated rings. The zero-order chi connectivity index (χ0) is 18.9. The lowest BCUT2D eigenvalue weighted by Crippen LogP contribution is -2.20. The lowest BCUT2D eigenvalue weighted by atomic mass is 9.99. The van der Waals surface area contributed by atoms with E-state index in [4.69, 9.17) is 4.79 Å². The number of primary amides is 1. The molecule has 1 heterocycles. The monoisotopic (exact) mass is 375 g/mol. The molecular formula is C21H33N3OS. The molecule has 3 N–H and O–H groups in total. The van der Waals surface area contributed by atoms with Gasteiger partial charge in [-0.2, -0.15) is 0 Å². The lowest BCUT2D eigenvalue weighted by Gasteiger charge is -2.15. The Balaban J connectivity index is 0.000000203. The molecule has 0 radical (unpaired) electrons. The van der Waals surface area contributed by atoms with Crippen LogP contribution in [0.4, 0.5) is 5.69 Å². The van der Waals surface area contributed by atoms with Crippen LogP contribution in [0, 0.1) is 0 Å². The van der Waals surface area contributed by atoms with Crippen molar-refractivity contribution in [2.45, 2.75) is 64.3 Å². The Morgan fingerprint density at radius 1 is 1.19 bits per heavy atom. The van der Waals surface area contributed by atoms with Crippen molar-refractivity contribution < 1.29 is 4.79 Å². The van der Waals surface area contributed by atoms with Crippen molar-refractivity contribution >= 4 is 24.0 Å². The van der Waals surface area contributed by atoms with Gasteiger partial charge in [-0.05, 0) is 111 Å². The van der Waals surface area contributed by atoms with Gasteiger partial charge in [0.25, 0.3) is 0 Å². The van der Waals surface area contributed by atoms with E-state index in [1.165, 1.54) is 63.6 Å². The van der Waals surface area contributed by atoms with Crippen LogP contribution in [0.5, 0.6) is 0 Å². The number of benzene rings is 1. The van der Waals surface area contributed by atoms with Gasteiger partial charge in [0.2, 0.25) is 6.41 Å². The van der Waals surface area contributed by atoms with Crippen LogP contribution in [0.15, 0.2) is 18.1 Å². The predicted octanol–water partition coefficient (Wildman–Crippen LogP) is 4.07. The van der Waals surface area contributed by atoms with Gasteiger partial charge in [0.15, 0.2) is 0 Å². The SMILES string of the molecule is C=CSNc1c2c(cc3c1CCC3)CCC2.CC1CCCN1C.NC=O. The second-order valence-electron chi connectivity index (χ2n) is 7.23. The third-order valence-electron chi connectivity index (χ3n) is 5.60. The molecule has 5 heteroatoms. The topological polar surface area (TPSA) is 58.4 Å². The number of anilines is 1. The summed E-state index contributed by atoms with van der Waals surface area (Å²) < 4.78 is 3.49. The van der Waals surface area contributed by atoms with E-state index < -0.39 is 0 Å². The summed E-state index contributed by atoms with van der Waals surface area (Å²) in [6.07, 6.45) is 10.8. The maximum absolute atomic E-state index is 8.58. The fourth-order valence-electron chi connectivity index (χ4n) is 4.12. The molecule has 26 heavy (non-hydrogen) atoms. The van der Waals surface area contributed by atoms with Crippen molar-refractivity contribution in [2.24, 2.45) is 5.73 Å². The minimum atomic E-state index is 0.250. The Kier molecular flexibility index (Phi) is 8.52. The zero-order valence-electron chi connectivity index (χ0n) is 16.2. The second-order valence-corrected chi connectivity index (χ2v) is 8.00. The number of amides is 1. The predicted molar refractivity (Wildman–Crippen MR) is 113 cm³/mol. The molecular weight excluding hydrogens is 342 g/mol. The number of nitrogens with zero attached hydrogens (tertiary/aromatic N) is 1. The summed E-state index contributed by atoms with van der Waals surface area (Å²) in [6.45, 7) is 7.35. The normalized spacial score (nSPS) is 20.2. The second kappa shape index (κ2) is 10.6. The number of likely N-dealkylation sites (tertiary alicyclic amines) is 1. The van der Waals surface area contributed by atoms with Crippen molar-refractivity contribution in [3.05, 3.63) is 40.3 Å². The summed E-state index contributed by atoms with van der Waals surface area (Å²) in [5.74, 6) is 0. The van der Waals surface area contributed by atoms with Gasteiger partial charge in [0, 0.05) is 6.04 Å². The molecule has 4 rings (SSSR count). The minimum Gasteiger partial charge on any atom is -0.372 e. The minimum absolute atomic E-state index is 0.250. The zero-order valence-corrected chi connectivity index (χ0v) is 17.0. The summed E-state index contributed by atoms with van der Waals surface area (Å²) in [6, 6.07) is 3.31. The molecule has 4 nitrogen and oxygen atoms in total. The van der Waals surface area contributed by atoms with E-state index in [0.717, 1.165) is 6.04 Å². The number of nitrogens with one attached hydrogen (secondary N) is 1. The van der Waals surface area contributed by atoms with Crippen molar-refractivity contribution in [3.63, 3.8) is 0 Å². The van der Waals surface area contributed by atoms with Gasteiger partial charge in [-0.1, -0.05) is 12.6 Å². The highest BCUT2D eigenvalue weighted by molar-refractivity contribution is 8.03. The molecule has 1 aromatic carbocycles. The van der Waals surface area contributed by atoms with Crippen LogP contribution in [-0.2, 0) is 30.5 Å². The first-order valence-electron chi connectivity index (χ1n) is 9.67. The molecule has 1 unspecified atom stereocenters. The van der Waals surface area contributed by atoms with Crippen molar-refractivity contribution in [2.75, 3.05) is 18.3 Å². The van der Waals surface area contributed by atoms with E-state index in [2.05, 4.69) is 42.0 Å².